The molecule has 0 fully saturated rings. The predicted octanol–water partition coefficient (Wildman–Crippen LogP) is 0.834. The first-order chi connectivity index (χ1) is 7.08. The Morgan fingerprint density at radius 1 is 1.53 bits per heavy atom. The normalized spacial score (nSPS) is 23.8. The van der Waals surface area contributed by atoms with Crippen LogP contribution in [0.5, 0.6) is 5.75 Å². The van der Waals surface area contributed by atoms with Crippen LogP contribution in [0.4, 0.5) is 0 Å². The third kappa shape index (κ3) is 1.80. The van der Waals surface area contributed by atoms with Crippen molar-refractivity contribution in [2.24, 2.45) is 5.73 Å². The Morgan fingerprint density at radius 2 is 2.27 bits per heavy atom. The van der Waals surface area contributed by atoms with Crippen molar-refractivity contribution in [2.45, 2.75) is 24.8 Å². The molecule has 1 aromatic rings. The quantitative estimate of drug-likeness (QED) is 0.670. The number of aromatic hydroxyl groups is 1. The van der Waals surface area contributed by atoms with Crippen molar-refractivity contribution in [1.29, 1.82) is 0 Å². The van der Waals surface area contributed by atoms with E-state index < -0.39 is 5.97 Å². The number of phenolic OH excluding ortho intramolecular Hbond substituents is 1. The van der Waals surface area contributed by atoms with Crippen LogP contribution in [0.2, 0.25) is 0 Å². The minimum absolute atomic E-state index is 0.0254. The average Bonchev–Trinajstić information content (AvgIpc) is 2.43. The summed E-state index contributed by atoms with van der Waals surface area (Å²) in [6, 6.07) is 4.88. The first kappa shape index (κ1) is 9.98. The highest BCUT2D eigenvalue weighted by Crippen LogP contribution is 2.36. The number of aliphatic carboxylic acids is 1. The molecule has 0 aliphatic heterocycles. The summed E-state index contributed by atoms with van der Waals surface area (Å²) in [6.07, 6.45) is 0.713. The summed E-state index contributed by atoms with van der Waals surface area (Å²) in [4.78, 5) is 10.7. The molecule has 0 bridgehead atoms. The Labute approximate surface area is 87.3 Å². The standard InChI is InChI=1S/C11H13NO3/c12-10-3-6-1-2-7(13)4-8(6)9(10)5-11(14)15/h1-2,4,9-10,13H,3,5,12H2,(H,14,15). The van der Waals surface area contributed by atoms with Crippen LogP contribution in [0, 0.1) is 0 Å². The van der Waals surface area contributed by atoms with Crippen LogP contribution >= 0.6 is 0 Å². The number of phenols is 1. The molecule has 0 saturated heterocycles. The second-order valence-electron chi connectivity index (χ2n) is 3.96. The smallest absolute Gasteiger partial charge is 0.304 e. The van der Waals surface area contributed by atoms with Crippen LogP contribution in [-0.4, -0.2) is 22.2 Å². The van der Waals surface area contributed by atoms with Gasteiger partial charge in [-0.15, -0.1) is 0 Å². The van der Waals surface area contributed by atoms with Gasteiger partial charge < -0.3 is 15.9 Å². The van der Waals surface area contributed by atoms with Gasteiger partial charge in [-0.25, -0.2) is 0 Å². The van der Waals surface area contributed by atoms with E-state index >= 15 is 0 Å². The fraction of sp³-hybridized carbons (Fsp3) is 0.364. The summed E-state index contributed by atoms with van der Waals surface area (Å²) >= 11 is 0. The fourth-order valence-electron chi connectivity index (χ4n) is 2.19. The maximum atomic E-state index is 10.7. The molecular formula is C11H13NO3. The summed E-state index contributed by atoms with van der Waals surface area (Å²) in [5.74, 6) is -0.866. The topological polar surface area (TPSA) is 83.5 Å². The Kier molecular flexibility index (Phi) is 2.36. The second-order valence-corrected chi connectivity index (χ2v) is 3.96. The van der Waals surface area contributed by atoms with E-state index in [0.29, 0.717) is 6.42 Å². The fourth-order valence-corrected chi connectivity index (χ4v) is 2.19. The summed E-state index contributed by atoms with van der Waals surface area (Å²) in [7, 11) is 0. The first-order valence-electron chi connectivity index (χ1n) is 4.87. The number of carbonyl (C=O) groups is 1. The maximum absolute atomic E-state index is 10.7. The van der Waals surface area contributed by atoms with E-state index in [2.05, 4.69) is 0 Å². The van der Waals surface area contributed by atoms with E-state index in [9.17, 15) is 9.90 Å². The van der Waals surface area contributed by atoms with Gasteiger partial charge in [0, 0.05) is 12.0 Å². The molecule has 0 heterocycles. The summed E-state index contributed by atoms with van der Waals surface area (Å²) in [6.45, 7) is 0. The zero-order valence-electron chi connectivity index (χ0n) is 8.18. The Hall–Kier alpha value is -1.55. The molecule has 2 atom stereocenters. The zero-order chi connectivity index (χ0) is 11.0. The molecule has 0 aromatic heterocycles. The molecule has 4 N–H and O–H groups in total. The van der Waals surface area contributed by atoms with Crippen LogP contribution in [0.1, 0.15) is 23.5 Å². The predicted molar refractivity (Wildman–Crippen MR) is 54.8 cm³/mol. The lowest BCUT2D eigenvalue weighted by atomic mass is 9.95. The van der Waals surface area contributed by atoms with E-state index in [0.717, 1.165) is 11.1 Å². The van der Waals surface area contributed by atoms with Gasteiger partial charge in [0.2, 0.25) is 0 Å². The van der Waals surface area contributed by atoms with Crippen molar-refractivity contribution >= 4 is 5.97 Å². The van der Waals surface area contributed by atoms with Gasteiger partial charge in [0.15, 0.2) is 0 Å². The number of hydrogen-bond acceptors (Lipinski definition) is 3. The number of carboxylic acids is 1. The molecule has 0 amide bonds. The Bertz CT molecular complexity index is 403. The Morgan fingerprint density at radius 3 is 2.93 bits per heavy atom. The second kappa shape index (κ2) is 3.55. The number of rotatable bonds is 2. The molecule has 2 rings (SSSR count). The lowest BCUT2D eigenvalue weighted by molar-refractivity contribution is -0.137. The zero-order valence-corrected chi connectivity index (χ0v) is 8.18. The van der Waals surface area contributed by atoms with Crippen LogP contribution in [-0.2, 0) is 11.2 Å². The van der Waals surface area contributed by atoms with Gasteiger partial charge >= 0.3 is 5.97 Å². The van der Waals surface area contributed by atoms with Crippen molar-refractivity contribution in [3.8, 4) is 5.75 Å². The largest absolute Gasteiger partial charge is 0.508 e. The first-order valence-corrected chi connectivity index (χ1v) is 4.87. The monoisotopic (exact) mass is 207 g/mol. The van der Waals surface area contributed by atoms with Crippen LogP contribution in [0.3, 0.4) is 0 Å². The highest BCUT2D eigenvalue weighted by molar-refractivity contribution is 5.69. The molecule has 0 saturated carbocycles. The average molecular weight is 207 g/mol. The van der Waals surface area contributed by atoms with Crippen LogP contribution in [0.15, 0.2) is 18.2 Å². The lowest BCUT2D eigenvalue weighted by Gasteiger charge is -2.13. The van der Waals surface area contributed by atoms with E-state index in [1.165, 1.54) is 0 Å². The van der Waals surface area contributed by atoms with Gasteiger partial charge in [0.1, 0.15) is 5.75 Å². The van der Waals surface area contributed by atoms with E-state index in [1.807, 2.05) is 6.07 Å². The number of fused-ring (bicyclic) bond motifs is 1. The molecule has 1 aliphatic carbocycles. The van der Waals surface area contributed by atoms with Gasteiger partial charge in [0.25, 0.3) is 0 Å². The molecule has 0 radical (unpaired) electrons. The Balaban J connectivity index is 2.35. The van der Waals surface area contributed by atoms with Crippen molar-refractivity contribution in [1.82, 2.24) is 0 Å². The molecule has 1 aliphatic rings. The van der Waals surface area contributed by atoms with Gasteiger partial charge in [0.05, 0.1) is 6.42 Å². The molecule has 1 aromatic carbocycles. The van der Waals surface area contributed by atoms with E-state index in [4.69, 9.17) is 10.8 Å². The van der Waals surface area contributed by atoms with Gasteiger partial charge in [-0.3, -0.25) is 4.79 Å². The molecule has 0 spiro atoms. The lowest BCUT2D eigenvalue weighted by Crippen LogP contribution is -2.26. The van der Waals surface area contributed by atoms with Crippen molar-refractivity contribution in [3.63, 3.8) is 0 Å². The van der Waals surface area contributed by atoms with Crippen molar-refractivity contribution in [3.05, 3.63) is 29.3 Å². The minimum Gasteiger partial charge on any atom is -0.508 e. The SMILES string of the molecule is NC1Cc2ccc(O)cc2C1CC(=O)O. The maximum Gasteiger partial charge on any atom is 0.304 e. The number of benzene rings is 1. The van der Waals surface area contributed by atoms with E-state index in [-0.39, 0.29) is 24.1 Å². The molecule has 2 unspecified atom stereocenters. The van der Waals surface area contributed by atoms with Crippen LogP contribution in [0.25, 0.3) is 0 Å². The van der Waals surface area contributed by atoms with Crippen LogP contribution < -0.4 is 5.73 Å². The molecular weight excluding hydrogens is 194 g/mol. The number of carboxylic acid groups (broad SMARTS) is 1. The molecule has 4 heteroatoms. The van der Waals surface area contributed by atoms with Crippen molar-refractivity contribution in [2.75, 3.05) is 0 Å². The molecule has 4 nitrogen and oxygen atoms in total. The van der Waals surface area contributed by atoms with Crippen molar-refractivity contribution < 1.29 is 15.0 Å². The minimum atomic E-state index is -0.855. The number of hydrogen-bond donors (Lipinski definition) is 3. The van der Waals surface area contributed by atoms with Gasteiger partial charge in [-0.1, -0.05) is 6.07 Å². The summed E-state index contributed by atoms with van der Waals surface area (Å²) < 4.78 is 0. The molecule has 80 valence electrons. The third-order valence-electron chi connectivity index (χ3n) is 2.90. The highest BCUT2D eigenvalue weighted by Gasteiger charge is 2.31. The summed E-state index contributed by atoms with van der Waals surface area (Å²) in [5.41, 5.74) is 7.81. The summed E-state index contributed by atoms with van der Waals surface area (Å²) in [5, 5.41) is 18.1. The highest BCUT2D eigenvalue weighted by atomic mass is 16.4. The van der Waals surface area contributed by atoms with Gasteiger partial charge in [-0.2, -0.15) is 0 Å². The van der Waals surface area contributed by atoms with Gasteiger partial charge in [-0.05, 0) is 29.7 Å². The molecule has 15 heavy (non-hydrogen) atoms. The third-order valence-corrected chi connectivity index (χ3v) is 2.90. The number of nitrogens with two attached hydrogens (primary N) is 1. The van der Waals surface area contributed by atoms with E-state index in [1.54, 1.807) is 12.1 Å².